The molecule has 0 aliphatic heterocycles. The van der Waals surface area contributed by atoms with Crippen LogP contribution in [0.4, 0.5) is 0 Å². The van der Waals surface area contributed by atoms with E-state index < -0.39 is 11.9 Å². The van der Waals surface area contributed by atoms with Gasteiger partial charge < -0.3 is 14.0 Å². The quantitative estimate of drug-likeness (QED) is 0.0525. The standard InChI is InChI=1S/C42H46N2O5/c1-3-5-7-9-11-13-31-15-19-35(20-16-31)41(45)47-37-27-23-33(24-28-37)39-43-40(49-44-39)34-25-29-38(30-26-34)48-42(46)36-21-17-32(18-22-36)14-12-10-8-6-4-2/h15-30H,3-14H2,1-2H3. The molecule has 0 spiro atoms. The number of rotatable bonds is 18. The monoisotopic (exact) mass is 658 g/mol. The molecule has 0 N–H and O–H groups in total. The van der Waals surface area contributed by atoms with Crippen molar-refractivity contribution in [1.82, 2.24) is 10.1 Å². The molecule has 0 fully saturated rings. The second-order valence-corrected chi connectivity index (χ2v) is 12.5. The van der Waals surface area contributed by atoms with E-state index >= 15 is 0 Å². The average molecular weight is 659 g/mol. The van der Waals surface area contributed by atoms with Gasteiger partial charge >= 0.3 is 11.9 Å². The average Bonchev–Trinajstić information content (AvgIpc) is 3.63. The molecule has 0 unspecified atom stereocenters. The lowest BCUT2D eigenvalue weighted by Gasteiger charge is -2.06. The minimum atomic E-state index is -0.405. The van der Waals surface area contributed by atoms with E-state index in [2.05, 4.69) is 24.0 Å². The van der Waals surface area contributed by atoms with Crippen LogP contribution in [0, 0.1) is 0 Å². The highest BCUT2D eigenvalue weighted by molar-refractivity contribution is 5.91. The summed E-state index contributed by atoms with van der Waals surface area (Å²) in [6.45, 7) is 4.44. The fraction of sp³-hybridized carbons (Fsp3) is 0.333. The minimum Gasteiger partial charge on any atom is -0.423 e. The van der Waals surface area contributed by atoms with Crippen LogP contribution in [0.3, 0.4) is 0 Å². The zero-order valence-corrected chi connectivity index (χ0v) is 28.7. The van der Waals surface area contributed by atoms with Gasteiger partial charge in [-0.3, -0.25) is 0 Å². The first-order chi connectivity index (χ1) is 24.0. The highest BCUT2D eigenvalue weighted by Crippen LogP contribution is 2.26. The topological polar surface area (TPSA) is 91.5 Å². The molecule has 0 saturated heterocycles. The molecule has 4 aromatic carbocycles. The first-order valence-corrected chi connectivity index (χ1v) is 17.7. The van der Waals surface area contributed by atoms with Crippen LogP contribution in [0.2, 0.25) is 0 Å². The van der Waals surface area contributed by atoms with E-state index in [4.69, 9.17) is 14.0 Å². The second-order valence-electron chi connectivity index (χ2n) is 12.5. The van der Waals surface area contributed by atoms with Crippen molar-refractivity contribution in [3.63, 3.8) is 0 Å². The van der Waals surface area contributed by atoms with E-state index in [-0.39, 0.29) is 0 Å². The normalized spacial score (nSPS) is 11.0. The first kappa shape index (κ1) is 35.3. The molecule has 0 radical (unpaired) electrons. The Bertz CT molecular complexity index is 1610. The van der Waals surface area contributed by atoms with Gasteiger partial charge in [0.1, 0.15) is 11.5 Å². The number of benzene rings is 4. The number of unbranched alkanes of at least 4 members (excludes halogenated alkanes) is 8. The van der Waals surface area contributed by atoms with Crippen molar-refractivity contribution in [3.05, 3.63) is 119 Å². The van der Waals surface area contributed by atoms with Crippen molar-refractivity contribution >= 4 is 11.9 Å². The molecule has 0 saturated carbocycles. The largest absolute Gasteiger partial charge is 0.423 e. The van der Waals surface area contributed by atoms with Gasteiger partial charge in [-0.2, -0.15) is 4.98 Å². The maximum Gasteiger partial charge on any atom is 0.343 e. The van der Waals surface area contributed by atoms with E-state index in [1.807, 2.05) is 48.5 Å². The van der Waals surface area contributed by atoms with Gasteiger partial charge in [-0.1, -0.05) is 94.6 Å². The molecule has 1 aromatic heterocycles. The number of aryl methyl sites for hydroxylation is 2. The van der Waals surface area contributed by atoms with Gasteiger partial charge in [-0.15, -0.1) is 0 Å². The lowest BCUT2D eigenvalue weighted by Crippen LogP contribution is -2.08. The Morgan fingerprint density at radius 3 is 1.41 bits per heavy atom. The summed E-state index contributed by atoms with van der Waals surface area (Å²) >= 11 is 0. The fourth-order valence-electron chi connectivity index (χ4n) is 5.61. The van der Waals surface area contributed by atoms with Crippen LogP contribution >= 0.6 is 0 Å². The van der Waals surface area contributed by atoms with Crippen molar-refractivity contribution < 1.29 is 23.6 Å². The van der Waals surface area contributed by atoms with E-state index in [1.54, 1.807) is 48.5 Å². The summed E-state index contributed by atoms with van der Waals surface area (Å²) in [4.78, 5) is 29.9. The Kier molecular flexibility index (Phi) is 13.3. The molecule has 0 amide bonds. The number of hydrogen-bond acceptors (Lipinski definition) is 7. The Hall–Kier alpha value is -5.04. The Balaban J connectivity index is 1.10. The van der Waals surface area contributed by atoms with Gasteiger partial charge in [-0.05, 0) is 110 Å². The Morgan fingerprint density at radius 1 is 0.531 bits per heavy atom. The fourth-order valence-corrected chi connectivity index (χ4v) is 5.61. The molecule has 0 atom stereocenters. The van der Waals surface area contributed by atoms with E-state index in [0.717, 1.165) is 25.7 Å². The molecule has 0 aliphatic rings. The highest BCUT2D eigenvalue weighted by atomic mass is 16.5. The molecule has 1 heterocycles. The lowest BCUT2D eigenvalue weighted by atomic mass is 10.0. The highest BCUT2D eigenvalue weighted by Gasteiger charge is 2.14. The summed E-state index contributed by atoms with van der Waals surface area (Å²) in [7, 11) is 0. The summed E-state index contributed by atoms with van der Waals surface area (Å²) in [5.41, 5.74) is 4.89. The van der Waals surface area contributed by atoms with Crippen LogP contribution in [0.1, 0.15) is 110 Å². The number of nitrogens with zero attached hydrogens (tertiary/aromatic N) is 2. The van der Waals surface area contributed by atoms with Crippen LogP contribution in [0.5, 0.6) is 11.5 Å². The van der Waals surface area contributed by atoms with Gasteiger partial charge in [0.05, 0.1) is 11.1 Å². The SMILES string of the molecule is CCCCCCCc1ccc(C(=O)Oc2ccc(-c3noc(-c4ccc(OC(=O)c5ccc(CCCCCCC)cc5)cc4)n3)cc2)cc1. The molecule has 0 bridgehead atoms. The maximum atomic E-state index is 12.7. The Labute approximate surface area is 289 Å². The summed E-state index contributed by atoms with van der Waals surface area (Å²) in [5.74, 6) is 0.775. The van der Waals surface area contributed by atoms with Crippen LogP contribution in [-0.2, 0) is 12.8 Å². The van der Waals surface area contributed by atoms with Crippen LogP contribution < -0.4 is 9.47 Å². The summed E-state index contributed by atoms with van der Waals surface area (Å²) in [6, 6.07) is 29.2. The summed E-state index contributed by atoms with van der Waals surface area (Å²) < 4.78 is 16.7. The maximum absolute atomic E-state index is 12.7. The third kappa shape index (κ3) is 10.7. The van der Waals surface area contributed by atoms with Crippen molar-refractivity contribution in [1.29, 1.82) is 0 Å². The summed E-state index contributed by atoms with van der Waals surface area (Å²) in [5, 5.41) is 4.11. The number of carbonyl (C=O) groups excluding carboxylic acids is 2. The zero-order chi connectivity index (χ0) is 34.3. The lowest BCUT2D eigenvalue weighted by molar-refractivity contribution is 0.0725. The van der Waals surface area contributed by atoms with Gasteiger partial charge in [0.25, 0.3) is 5.89 Å². The van der Waals surface area contributed by atoms with Crippen molar-refractivity contribution in [2.75, 3.05) is 0 Å². The smallest absolute Gasteiger partial charge is 0.343 e. The number of hydrogen-bond donors (Lipinski definition) is 0. The first-order valence-electron chi connectivity index (χ1n) is 17.7. The molecule has 7 heteroatoms. The van der Waals surface area contributed by atoms with Crippen LogP contribution in [0.15, 0.2) is 102 Å². The third-order valence-corrected chi connectivity index (χ3v) is 8.58. The van der Waals surface area contributed by atoms with Gasteiger partial charge in [0.15, 0.2) is 0 Å². The van der Waals surface area contributed by atoms with Gasteiger partial charge in [0, 0.05) is 11.1 Å². The predicted molar refractivity (Wildman–Crippen MR) is 193 cm³/mol. The Morgan fingerprint density at radius 2 is 0.959 bits per heavy atom. The van der Waals surface area contributed by atoms with E-state index in [9.17, 15) is 9.59 Å². The summed E-state index contributed by atoms with van der Waals surface area (Å²) in [6.07, 6.45) is 14.4. The number of aromatic nitrogens is 2. The molecule has 254 valence electrons. The van der Waals surface area contributed by atoms with Crippen molar-refractivity contribution in [2.24, 2.45) is 0 Å². The zero-order valence-electron chi connectivity index (χ0n) is 28.7. The van der Waals surface area contributed by atoms with Gasteiger partial charge in [0.2, 0.25) is 5.82 Å². The van der Waals surface area contributed by atoms with E-state index in [0.29, 0.717) is 45.5 Å². The number of ether oxygens (including phenoxy) is 2. The minimum absolute atomic E-state index is 0.332. The molecule has 49 heavy (non-hydrogen) atoms. The molecular weight excluding hydrogens is 612 g/mol. The molecule has 5 aromatic rings. The second kappa shape index (κ2) is 18.5. The molecule has 5 rings (SSSR count). The number of carbonyl (C=O) groups is 2. The van der Waals surface area contributed by atoms with Crippen molar-refractivity contribution in [2.45, 2.75) is 90.9 Å². The molecule has 0 aliphatic carbocycles. The van der Waals surface area contributed by atoms with Crippen LogP contribution in [0.25, 0.3) is 22.8 Å². The third-order valence-electron chi connectivity index (χ3n) is 8.58. The van der Waals surface area contributed by atoms with Gasteiger partial charge in [-0.25, -0.2) is 9.59 Å². The van der Waals surface area contributed by atoms with Crippen molar-refractivity contribution in [3.8, 4) is 34.3 Å². The molecule has 7 nitrogen and oxygen atoms in total. The van der Waals surface area contributed by atoms with Crippen LogP contribution in [-0.4, -0.2) is 22.1 Å². The predicted octanol–water partition coefficient (Wildman–Crippen LogP) is 10.9. The van der Waals surface area contributed by atoms with E-state index in [1.165, 1.54) is 62.5 Å². The molecular formula is C42H46N2O5. The number of esters is 2.